The molecule has 1 aromatic heterocycles. The number of hydrogen-bond donors (Lipinski definition) is 2. The van der Waals surface area contributed by atoms with Crippen LogP contribution < -0.4 is 5.32 Å². The minimum Gasteiger partial charge on any atom is -0.396 e. The van der Waals surface area contributed by atoms with E-state index in [0.29, 0.717) is 5.92 Å². The van der Waals surface area contributed by atoms with Crippen LogP contribution in [-0.2, 0) is 6.54 Å². The summed E-state index contributed by atoms with van der Waals surface area (Å²) >= 11 is 0. The van der Waals surface area contributed by atoms with Crippen molar-refractivity contribution in [1.29, 1.82) is 0 Å². The van der Waals surface area contributed by atoms with E-state index in [9.17, 15) is 5.11 Å². The fraction of sp³-hybridized carbons (Fsp3) is 0.833. The van der Waals surface area contributed by atoms with Gasteiger partial charge in [-0.1, -0.05) is 0 Å². The van der Waals surface area contributed by atoms with E-state index >= 15 is 0 Å². The number of aromatic nitrogens is 3. The van der Waals surface area contributed by atoms with Crippen molar-refractivity contribution < 1.29 is 5.11 Å². The van der Waals surface area contributed by atoms with Gasteiger partial charge in [0.1, 0.15) is 11.6 Å². The zero-order chi connectivity index (χ0) is 11.7. The molecule has 3 rings (SSSR count). The molecule has 17 heavy (non-hydrogen) atoms. The number of nitrogens with zero attached hydrogens (tertiary/aromatic N) is 3. The van der Waals surface area contributed by atoms with Crippen LogP contribution in [0.25, 0.3) is 0 Å². The number of piperidine rings is 1. The fourth-order valence-electron chi connectivity index (χ4n) is 3.03. The van der Waals surface area contributed by atoms with Gasteiger partial charge in [-0.3, -0.25) is 0 Å². The Morgan fingerprint density at radius 1 is 1.24 bits per heavy atom. The van der Waals surface area contributed by atoms with E-state index in [1.807, 2.05) is 0 Å². The van der Waals surface area contributed by atoms with Gasteiger partial charge in [0.05, 0.1) is 6.61 Å². The Morgan fingerprint density at radius 2 is 2.12 bits per heavy atom. The van der Waals surface area contributed by atoms with E-state index in [2.05, 4.69) is 20.1 Å². The van der Waals surface area contributed by atoms with E-state index in [1.165, 1.54) is 12.8 Å². The number of nitrogens with one attached hydrogen (secondary N) is 1. The fourth-order valence-corrected chi connectivity index (χ4v) is 3.03. The standard InChI is InChI=1S/C12H20N4O/c17-8-10-4-2-6-16-11(14-15-12(10)16)9-3-1-5-13-7-9/h9-10,13,17H,1-8H2. The molecule has 2 N–H and O–H groups in total. The van der Waals surface area contributed by atoms with Crippen LogP contribution in [0.3, 0.4) is 0 Å². The van der Waals surface area contributed by atoms with E-state index in [4.69, 9.17) is 0 Å². The van der Waals surface area contributed by atoms with Crippen LogP contribution in [0.5, 0.6) is 0 Å². The summed E-state index contributed by atoms with van der Waals surface area (Å²) in [4.78, 5) is 0. The molecule has 2 unspecified atom stereocenters. The van der Waals surface area contributed by atoms with Crippen molar-refractivity contribution in [3.05, 3.63) is 11.6 Å². The summed E-state index contributed by atoms with van der Waals surface area (Å²) < 4.78 is 2.25. The Kier molecular flexibility index (Phi) is 3.11. The number of rotatable bonds is 2. The Balaban J connectivity index is 1.88. The molecular weight excluding hydrogens is 216 g/mol. The molecule has 1 fully saturated rings. The first-order chi connectivity index (χ1) is 8.40. The van der Waals surface area contributed by atoms with Gasteiger partial charge < -0.3 is 15.0 Å². The molecule has 0 saturated carbocycles. The Morgan fingerprint density at radius 3 is 2.88 bits per heavy atom. The Bertz CT molecular complexity index is 384. The first kappa shape index (κ1) is 11.2. The third-order valence-electron chi connectivity index (χ3n) is 3.99. The quantitative estimate of drug-likeness (QED) is 0.790. The maximum atomic E-state index is 9.36. The third-order valence-corrected chi connectivity index (χ3v) is 3.99. The molecule has 2 atom stereocenters. The monoisotopic (exact) mass is 236 g/mol. The van der Waals surface area contributed by atoms with Crippen LogP contribution in [0.2, 0.25) is 0 Å². The van der Waals surface area contributed by atoms with Crippen LogP contribution in [0.1, 0.15) is 49.2 Å². The van der Waals surface area contributed by atoms with Gasteiger partial charge in [-0.2, -0.15) is 0 Å². The molecule has 0 amide bonds. The lowest BCUT2D eigenvalue weighted by Crippen LogP contribution is -2.31. The summed E-state index contributed by atoms with van der Waals surface area (Å²) in [5, 5.41) is 21.5. The molecule has 0 aliphatic carbocycles. The van der Waals surface area contributed by atoms with Crippen molar-refractivity contribution in [2.75, 3.05) is 19.7 Å². The predicted molar refractivity (Wildman–Crippen MR) is 63.9 cm³/mol. The lowest BCUT2D eigenvalue weighted by atomic mass is 9.96. The summed E-state index contributed by atoms with van der Waals surface area (Å²) in [6, 6.07) is 0. The predicted octanol–water partition coefficient (Wildman–Crippen LogP) is 0.615. The topological polar surface area (TPSA) is 63.0 Å². The SMILES string of the molecule is OCC1CCCn2c1nnc2C1CCCNC1. The summed E-state index contributed by atoms with van der Waals surface area (Å²) in [7, 11) is 0. The average molecular weight is 236 g/mol. The molecule has 5 nitrogen and oxygen atoms in total. The van der Waals surface area contributed by atoms with Gasteiger partial charge in [0.15, 0.2) is 0 Å². The van der Waals surface area contributed by atoms with Crippen molar-refractivity contribution in [2.45, 2.75) is 44.1 Å². The molecule has 2 aliphatic heterocycles. The van der Waals surface area contributed by atoms with Crippen molar-refractivity contribution in [3.63, 3.8) is 0 Å². The molecule has 2 aliphatic rings. The Labute approximate surface area is 101 Å². The largest absolute Gasteiger partial charge is 0.396 e. The maximum Gasteiger partial charge on any atom is 0.138 e. The molecule has 5 heteroatoms. The zero-order valence-electron chi connectivity index (χ0n) is 10.1. The molecule has 94 valence electrons. The first-order valence-corrected chi connectivity index (χ1v) is 6.64. The Hall–Kier alpha value is -0.940. The maximum absolute atomic E-state index is 9.36. The van der Waals surface area contributed by atoms with E-state index in [-0.39, 0.29) is 12.5 Å². The molecule has 1 saturated heterocycles. The van der Waals surface area contributed by atoms with Crippen LogP contribution >= 0.6 is 0 Å². The van der Waals surface area contributed by atoms with Gasteiger partial charge >= 0.3 is 0 Å². The third kappa shape index (κ3) is 1.98. The average Bonchev–Trinajstić information content (AvgIpc) is 2.83. The van der Waals surface area contributed by atoms with Crippen molar-refractivity contribution in [3.8, 4) is 0 Å². The van der Waals surface area contributed by atoms with Crippen LogP contribution in [0, 0.1) is 0 Å². The smallest absolute Gasteiger partial charge is 0.138 e. The molecule has 0 radical (unpaired) electrons. The van der Waals surface area contributed by atoms with Gasteiger partial charge in [0.2, 0.25) is 0 Å². The normalized spacial score (nSPS) is 29.0. The van der Waals surface area contributed by atoms with Gasteiger partial charge in [0.25, 0.3) is 0 Å². The highest BCUT2D eigenvalue weighted by Crippen LogP contribution is 2.30. The minimum atomic E-state index is 0.195. The van der Waals surface area contributed by atoms with Gasteiger partial charge in [-0.25, -0.2) is 0 Å². The molecule has 0 spiro atoms. The van der Waals surface area contributed by atoms with Crippen LogP contribution in [-0.4, -0.2) is 39.6 Å². The van der Waals surface area contributed by atoms with E-state index < -0.39 is 0 Å². The molecule has 3 heterocycles. The minimum absolute atomic E-state index is 0.195. The molecule has 0 bridgehead atoms. The second-order valence-corrected chi connectivity index (χ2v) is 5.13. The molecule has 1 aromatic rings. The van der Waals surface area contributed by atoms with Crippen LogP contribution in [0.4, 0.5) is 0 Å². The highest BCUT2D eigenvalue weighted by Gasteiger charge is 2.28. The van der Waals surface area contributed by atoms with Crippen molar-refractivity contribution >= 4 is 0 Å². The summed E-state index contributed by atoms with van der Waals surface area (Å²) in [5.74, 6) is 2.83. The second kappa shape index (κ2) is 4.74. The number of aliphatic hydroxyl groups excluding tert-OH is 1. The number of hydrogen-bond acceptors (Lipinski definition) is 4. The van der Waals surface area contributed by atoms with E-state index in [0.717, 1.165) is 44.1 Å². The van der Waals surface area contributed by atoms with E-state index in [1.54, 1.807) is 0 Å². The lowest BCUT2D eigenvalue weighted by Gasteiger charge is -2.26. The number of fused-ring (bicyclic) bond motifs is 1. The van der Waals surface area contributed by atoms with Crippen molar-refractivity contribution in [1.82, 2.24) is 20.1 Å². The second-order valence-electron chi connectivity index (χ2n) is 5.13. The van der Waals surface area contributed by atoms with Gasteiger partial charge in [-0.15, -0.1) is 10.2 Å². The van der Waals surface area contributed by atoms with Gasteiger partial charge in [-0.05, 0) is 32.2 Å². The lowest BCUT2D eigenvalue weighted by molar-refractivity contribution is 0.236. The van der Waals surface area contributed by atoms with Crippen molar-refractivity contribution in [2.24, 2.45) is 0 Å². The zero-order valence-corrected chi connectivity index (χ0v) is 10.1. The summed E-state index contributed by atoms with van der Waals surface area (Å²) in [6.45, 7) is 3.35. The molecular formula is C12H20N4O. The van der Waals surface area contributed by atoms with Crippen LogP contribution in [0.15, 0.2) is 0 Å². The highest BCUT2D eigenvalue weighted by molar-refractivity contribution is 5.09. The summed E-state index contributed by atoms with van der Waals surface area (Å²) in [5.41, 5.74) is 0. The molecule has 0 aromatic carbocycles. The first-order valence-electron chi connectivity index (χ1n) is 6.64. The van der Waals surface area contributed by atoms with Gasteiger partial charge in [0, 0.05) is 24.9 Å². The highest BCUT2D eigenvalue weighted by atomic mass is 16.3. The summed E-state index contributed by atoms with van der Waals surface area (Å²) in [6.07, 6.45) is 4.59. The number of aliphatic hydroxyl groups is 1.